The summed E-state index contributed by atoms with van der Waals surface area (Å²) in [6, 6.07) is 12.0. The van der Waals surface area contributed by atoms with Crippen molar-refractivity contribution in [2.75, 3.05) is 18.5 Å². The lowest BCUT2D eigenvalue weighted by molar-refractivity contribution is -0.137. The van der Waals surface area contributed by atoms with Gasteiger partial charge in [-0.15, -0.1) is 0 Å². The van der Waals surface area contributed by atoms with Gasteiger partial charge >= 0.3 is 18.2 Å². The number of fused-ring (bicyclic) bond motifs is 1. The second-order valence-corrected chi connectivity index (χ2v) is 7.77. The molecule has 2 aromatic carbocycles. The van der Waals surface area contributed by atoms with Gasteiger partial charge in [-0.3, -0.25) is 0 Å². The lowest BCUT2D eigenvalue weighted by Gasteiger charge is -2.18. The minimum absolute atomic E-state index is 0.0180. The number of amides is 2. The normalized spacial score (nSPS) is 24.0. The number of ether oxygens (including phenoxy) is 3. The van der Waals surface area contributed by atoms with Crippen LogP contribution in [0.25, 0.3) is 0 Å². The molecule has 2 fully saturated rings. The largest absolute Gasteiger partial charge is 0.423 e. The first-order valence-electron chi connectivity index (χ1n) is 10.4. The SMILES string of the molecule is O=C(Nc1cccc(C(F)(F)F)c1)N[C@H]1CO[C@H]2[C@H]1OC[C@H]2n1nnnc1Oc1ccccc1. The lowest BCUT2D eigenvalue weighted by atomic mass is 10.1. The van der Waals surface area contributed by atoms with Crippen LogP contribution in [0.5, 0.6) is 11.8 Å². The van der Waals surface area contributed by atoms with E-state index in [4.69, 9.17) is 14.2 Å². The van der Waals surface area contributed by atoms with E-state index in [0.29, 0.717) is 5.75 Å². The highest BCUT2D eigenvalue weighted by Gasteiger charge is 2.50. The third-order valence-corrected chi connectivity index (χ3v) is 5.52. The Bertz CT molecular complexity index is 1160. The molecule has 0 aliphatic carbocycles. The maximum Gasteiger partial charge on any atom is 0.416 e. The Morgan fingerprint density at radius 3 is 2.65 bits per heavy atom. The molecule has 2 saturated heterocycles. The Hall–Kier alpha value is -3.71. The molecule has 0 radical (unpaired) electrons. The summed E-state index contributed by atoms with van der Waals surface area (Å²) < 4.78 is 57.6. The van der Waals surface area contributed by atoms with E-state index in [-0.39, 0.29) is 24.9 Å². The highest BCUT2D eigenvalue weighted by molar-refractivity contribution is 5.89. The summed E-state index contributed by atoms with van der Waals surface area (Å²) in [7, 11) is 0. The van der Waals surface area contributed by atoms with Gasteiger partial charge in [0.15, 0.2) is 0 Å². The molecule has 3 aromatic rings. The predicted octanol–water partition coefficient (Wildman–Crippen LogP) is 3.01. The highest BCUT2D eigenvalue weighted by atomic mass is 19.4. The number of nitrogens with zero attached hydrogens (tertiary/aromatic N) is 4. The van der Waals surface area contributed by atoms with Gasteiger partial charge in [0, 0.05) is 5.69 Å². The van der Waals surface area contributed by atoms with Crippen LogP contribution in [0, 0.1) is 0 Å². The third-order valence-electron chi connectivity index (χ3n) is 5.52. The van der Waals surface area contributed by atoms with Gasteiger partial charge in [-0.25, -0.2) is 4.79 Å². The van der Waals surface area contributed by atoms with Crippen molar-refractivity contribution in [2.24, 2.45) is 0 Å². The molecule has 2 amide bonds. The van der Waals surface area contributed by atoms with Crippen molar-refractivity contribution >= 4 is 11.7 Å². The van der Waals surface area contributed by atoms with Crippen LogP contribution >= 0.6 is 0 Å². The molecule has 13 heteroatoms. The van der Waals surface area contributed by atoms with Gasteiger partial charge in [-0.1, -0.05) is 29.4 Å². The van der Waals surface area contributed by atoms with E-state index in [9.17, 15) is 18.0 Å². The van der Waals surface area contributed by atoms with Crippen LogP contribution < -0.4 is 15.4 Å². The number of benzene rings is 2. The number of tetrazole rings is 1. The van der Waals surface area contributed by atoms with Crippen LogP contribution in [-0.4, -0.2) is 57.7 Å². The smallest absolute Gasteiger partial charge is 0.416 e. The average Bonchev–Trinajstić information content (AvgIpc) is 3.52. The molecule has 0 spiro atoms. The van der Waals surface area contributed by atoms with Crippen molar-refractivity contribution in [3.8, 4) is 11.8 Å². The minimum Gasteiger partial charge on any atom is -0.423 e. The molecule has 4 atom stereocenters. The van der Waals surface area contributed by atoms with Crippen LogP contribution in [-0.2, 0) is 15.7 Å². The molecule has 2 aliphatic heterocycles. The van der Waals surface area contributed by atoms with E-state index in [2.05, 4.69) is 26.2 Å². The molecular formula is C21H19F3N6O4. The summed E-state index contributed by atoms with van der Waals surface area (Å²) in [5, 5.41) is 16.7. The molecule has 10 nitrogen and oxygen atoms in total. The standard InChI is InChI=1S/C21H19F3N6O4/c22-21(23,24)12-5-4-6-13(9-12)25-19(31)26-15-10-32-18-16(11-33-17(15)18)30-20(27-28-29-30)34-14-7-2-1-3-8-14/h1-9,15-18H,10-11H2,(H2,25,26,31)/t15-,16+,17-,18+/m0/s1. The molecule has 2 N–H and O–H groups in total. The van der Waals surface area contributed by atoms with E-state index < -0.39 is 42.1 Å². The van der Waals surface area contributed by atoms with Gasteiger partial charge in [-0.05, 0) is 40.8 Å². The second-order valence-electron chi connectivity index (χ2n) is 7.77. The monoisotopic (exact) mass is 476 g/mol. The van der Waals surface area contributed by atoms with Crippen molar-refractivity contribution in [1.82, 2.24) is 25.5 Å². The topological polar surface area (TPSA) is 112 Å². The average molecular weight is 476 g/mol. The first-order valence-corrected chi connectivity index (χ1v) is 10.4. The molecule has 0 bridgehead atoms. The van der Waals surface area contributed by atoms with Gasteiger partial charge in [0.1, 0.15) is 24.0 Å². The summed E-state index contributed by atoms with van der Waals surface area (Å²) in [5.74, 6) is 0.562. The van der Waals surface area contributed by atoms with Crippen molar-refractivity contribution < 1.29 is 32.2 Å². The van der Waals surface area contributed by atoms with E-state index in [1.165, 1.54) is 16.8 Å². The van der Waals surface area contributed by atoms with Crippen LogP contribution in [0.2, 0.25) is 0 Å². The van der Waals surface area contributed by atoms with Crippen molar-refractivity contribution in [1.29, 1.82) is 0 Å². The van der Waals surface area contributed by atoms with Gasteiger partial charge < -0.3 is 24.8 Å². The quantitative estimate of drug-likeness (QED) is 0.582. The molecule has 2 aliphatic rings. The molecule has 0 unspecified atom stereocenters. The Kier molecular flexibility index (Phi) is 5.79. The van der Waals surface area contributed by atoms with Crippen molar-refractivity contribution in [3.63, 3.8) is 0 Å². The minimum atomic E-state index is -4.51. The second kappa shape index (κ2) is 8.91. The summed E-state index contributed by atoms with van der Waals surface area (Å²) in [5.41, 5.74) is -0.837. The Balaban J connectivity index is 1.22. The fourth-order valence-corrected chi connectivity index (χ4v) is 3.98. The van der Waals surface area contributed by atoms with Gasteiger partial charge in [0.2, 0.25) is 0 Å². The summed E-state index contributed by atoms with van der Waals surface area (Å²) in [6.45, 7) is 0.373. The van der Waals surface area contributed by atoms with Crippen LogP contribution in [0.3, 0.4) is 0 Å². The Labute approximate surface area is 191 Å². The molecule has 5 rings (SSSR count). The number of alkyl halides is 3. The zero-order valence-electron chi connectivity index (χ0n) is 17.5. The zero-order valence-corrected chi connectivity index (χ0v) is 17.5. The number of hydrogen-bond donors (Lipinski definition) is 2. The molecule has 3 heterocycles. The summed E-state index contributed by atoms with van der Waals surface area (Å²) >= 11 is 0. The number of carbonyl (C=O) groups is 1. The van der Waals surface area contributed by atoms with E-state index in [1.807, 2.05) is 18.2 Å². The number of anilines is 1. The maximum absolute atomic E-state index is 12.9. The molecule has 1 aromatic heterocycles. The number of aromatic nitrogens is 4. The fourth-order valence-electron chi connectivity index (χ4n) is 3.98. The molecule has 34 heavy (non-hydrogen) atoms. The molecular weight excluding hydrogens is 457 g/mol. The third kappa shape index (κ3) is 4.52. The first kappa shape index (κ1) is 22.1. The maximum atomic E-state index is 12.9. The van der Waals surface area contributed by atoms with Gasteiger partial charge in [0.05, 0.1) is 24.8 Å². The van der Waals surface area contributed by atoms with Gasteiger partial charge in [0.25, 0.3) is 0 Å². The number of rotatable bonds is 5. The van der Waals surface area contributed by atoms with Crippen molar-refractivity contribution in [3.05, 3.63) is 60.2 Å². The number of hydrogen-bond acceptors (Lipinski definition) is 7. The Morgan fingerprint density at radius 2 is 1.85 bits per heavy atom. The lowest BCUT2D eigenvalue weighted by Crippen LogP contribution is -2.45. The van der Waals surface area contributed by atoms with Gasteiger partial charge in [-0.2, -0.15) is 17.9 Å². The van der Waals surface area contributed by atoms with E-state index in [0.717, 1.165) is 12.1 Å². The van der Waals surface area contributed by atoms with E-state index in [1.54, 1.807) is 12.1 Å². The fraction of sp³-hybridized carbons (Fsp3) is 0.333. The van der Waals surface area contributed by atoms with Crippen LogP contribution in [0.15, 0.2) is 54.6 Å². The summed E-state index contributed by atoms with van der Waals surface area (Å²) in [6.07, 6.45) is -5.46. The predicted molar refractivity (Wildman–Crippen MR) is 110 cm³/mol. The molecule has 0 saturated carbocycles. The van der Waals surface area contributed by atoms with E-state index >= 15 is 0 Å². The van der Waals surface area contributed by atoms with Crippen LogP contribution in [0.4, 0.5) is 23.7 Å². The number of carbonyl (C=O) groups excluding carboxylic acids is 1. The number of nitrogens with one attached hydrogen (secondary N) is 2. The highest BCUT2D eigenvalue weighted by Crippen LogP contribution is 2.36. The number of para-hydroxylation sites is 1. The number of urea groups is 1. The first-order chi connectivity index (χ1) is 16.4. The number of halogens is 3. The summed E-state index contributed by atoms with van der Waals surface area (Å²) in [4.78, 5) is 12.4. The van der Waals surface area contributed by atoms with Crippen molar-refractivity contribution in [2.45, 2.75) is 30.5 Å². The zero-order chi connectivity index (χ0) is 23.7. The van der Waals surface area contributed by atoms with Crippen LogP contribution in [0.1, 0.15) is 11.6 Å². The Morgan fingerprint density at radius 1 is 1.06 bits per heavy atom. The molecule has 178 valence electrons.